The summed E-state index contributed by atoms with van der Waals surface area (Å²) in [6, 6.07) is 10.8. The Balaban J connectivity index is 1.48. The SMILES string of the molecule is O=C(NCc1nc2c(cnc3[nH]ccc32)[nH]1)Oc1ccccc1. The van der Waals surface area contributed by atoms with Crippen molar-refractivity contribution in [3.63, 3.8) is 0 Å². The average Bonchev–Trinajstić information content (AvgIpc) is 3.19. The normalized spacial score (nSPS) is 11.0. The zero-order chi connectivity index (χ0) is 15.6. The number of amides is 1. The zero-order valence-corrected chi connectivity index (χ0v) is 12.0. The first-order valence-corrected chi connectivity index (χ1v) is 7.11. The molecule has 23 heavy (non-hydrogen) atoms. The van der Waals surface area contributed by atoms with Gasteiger partial charge in [0.05, 0.1) is 18.3 Å². The smallest absolute Gasteiger partial charge is 0.410 e. The minimum Gasteiger partial charge on any atom is -0.410 e. The first-order chi connectivity index (χ1) is 11.3. The fourth-order valence-electron chi connectivity index (χ4n) is 2.40. The van der Waals surface area contributed by atoms with Gasteiger partial charge in [-0.3, -0.25) is 0 Å². The van der Waals surface area contributed by atoms with E-state index in [1.165, 1.54) is 0 Å². The summed E-state index contributed by atoms with van der Waals surface area (Å²) in [5, 5.41) is 3.61. The monoisotopic (exact) mass is 307 g/mol. The molecule has 0 spiro atoms. The number of para-hydroxylation sites is 1. The standard InChI is InChI=1S/C16H13N5O2/c22-16(23-10-4-2-1-3-5-10)19-9-13-20-12-8-18-15-11(6-7-17-15)14(12)21-13/h1-8H,9H2,(H,17,18)(H,19,22)(H,20,21). The number of fused-ring (bicyclic) bond motifs is 3. The van der Waals surface area contributed by atoms with E-state index in [4.69, 9.17) is 4.74 Å². The fraction of sp³-hybridized carbons (Fsp3) is 0.0625. The Morgan fingerprint density at radius 2 is 2.09 bits per heavy atom. The summed E-state index contributed by atoms with van der Waals surface area (Å²) in [5.41, 5.74) is 2.43. The number of hydrogen-bond donors (Lipinski definition) is 3. The lowest BCUT2D eigenvalue weighted by molar-refractivity contribution is 0.199. The molecule has 3 aromatic heterocycles. The number of pyridine rings is 1. The van der Waals surface area contributed by atoms with Crippen molar-refractivity contribution >= 4 is 28.2 Å². The summed E-state index contributed by atoms with van der Waals surface area (Å²) in [6.45, 7) is 0.242. The highest BCUT2D eigenvalue weighted by molar-refractivity contribution is 6.00. The minimum absolute atomic E-state index is 0.242. The van der Waals surface area contributed by atoms with Crippen LogP contribution in [0.25, 0.3) is 22.1 Å². The van der Waals surface area contributed by atoms with Crippen LogP contribution in [-0.2, 0) is 6.54 Å². The van der Waals surface area contributed by atoms with E-state index in [1.807, 2.05) is 18.3 Å². The zero-order valence-electron chi connectivity index (χ0n) is 12.0. The van der Waals surface area contributed by atoms with E-state index in [0.717, 1.165) is 22.1 Å². The van der Waals surface area contributed by atoms with Gasteiger partial charge in [0.25, 0.3) is 0 Å². The number of carbonyl (C=O) groups excluding carboxylic acids is 1. The van der Waals surface area contributed by atoms with Gasteiger partial charge in [-0.1, -0.05) is 18.2 Å². The Morgan fingerprint density at radius 3 is 2.96 bits per heavy atom. The van der Waals surface area contributed by atoms with Gasteiger partial charge in [0.1, 0.15) is 22.7 Å². The molecule has 4 rings (SSSR count). The van der Waals surface area contributed by atoms with Crippen molar-refractivity contribution in [2.24, 2.45) is 0 Å². The largest absolute Gasteiger partial charge is 0.412 e. The predicted molar refractivity (Wildman–Crippen MR) is 85.1 cm³/mol. The maximum Gasteiger partial charge on any atom is 0.412 e. The molecule has 0 aliphatic heterocycles. The molecule has 4 aromatic rings. The van der Waals surface area contributed by atoms with E-state index in [2.05, 4.69) is 25.3 Å². The Labute approximate surface area is 130 Å². The molecular formula is C16H13N5O2. The van der Waals surface area contributed by atoms with Crippen molar-refractivity contribution in [1.82, 2.24) is 25.3 Å². The molecule has 7 heteroatoms. The van der Waals surface area contributed by atoms with Gasteiger partial charge >= 0.3 is 6.09 Å². The van der Waals surface area contributed by atoms with E-state index in [1.54, 1.807) is 30.5 Å². The number of hydrogen-bond acceptors (Lipinski definition) is 4. The maximum absolute atomic E-state index is 11.8. The third-order valence-corrected chi connectivity index (χ3v) is 3.44. The molecular weight excluding hydrogens is 294 g/mol. The van der Waals surface area contributed by atoms with E-state index >= 15 is 0 Å². The van der Waals surface area contributed by atoms with Crippen molar-refractivity contribution in [2.45, 2.75) is 6.54 Å². The highest BCUT2D eigenvalue weighted by atomic mass is 16.6. The first kappa shape index (κ1) is 13.3. The van der Waals surface area contributed by atoms with Gasteiger partial charge in [0.2, 0.25) is 0 Å². The van der Waals surface area contributed by atoms with E-state index in [0.29, 0.717) is 11.6 Å². The minimum atomic E-state index is -0.526. The quantitative estimate of drug-likeness (QED) is 0.542. The van der Waals surface area contributed by atoms with Crippen molar-refractivity contribution in [3.8, 4) is 5.75 Å². The molecule has 1 amide bonds. The number of carbonyl (C=O) groups is 1. The van der Waals surface area contributed by atoms with Crippen molar-refractivity contribution in [3.05, 3.63) is 54.6 Å². The molecule has 0 radical (unpaired) electrons. The Bertz CT molecular complexity index is 974. The van der Waals surface area contributed by atoms with Gasteiger partial charge in [0, 0.05) is 11.6 Å². The molecule has 1 aromatic carbocycles. The maximum atomic E-state index is 11.8. The molecule has 114 valence electrons. The summed E-state index contributed by atoms with van der Waals surface area (Å²) in [4.78, 5) is 26.8. The second kappa shape index (κ2) is 5.45. The van der Waals surface area contributed by atoms with Crippen LogP contribution in [0.15, 0.2) is 48.8 Å². The first-order valence-electron chi connectivity index (χ1n) is 7.11. The van der Waals surface area contributed by atoms with Crippen LogP contribution in [0.3, 0.4) is 0 Å². The van der Waals surface area contributed by atoms with Crippen LogP contribution in [0.4, 0.5) is 4.79 Å². The van der Waals surface area contributed by atoms with Gasteiger partial charge in [-0.15, -0.1) is 0 Å². The Morgan fingerprint density at radius 1 is 1.22 bits per heavy atom. The summed E-state index contributed by atoms with van der Waals surface area (Å²) >= 11 is 0. The van der Waals surface area contributed by atoms with Crippen LogP contribution >= 0.6 is 0 Å². The number of nitrogens with one attached hydrogen (secondary N) is 3. The lowest BCUT2D eigenvalue weighted by Gasteiger charge is -2.04. The highest BCUT2D eigenvalue weighted by Gasteiger charge is 2.10. The summed E-state index contributed by atoms with van der Waals surface area (Å²) < 4.78 is 5.16. The molecule has 0 unspecified atom stereocenters. The number of ether oxygens (including phenoxy) is 1. The second-order valence-electron chi connectivity index (χ2n) is 5.00. The molecule has 0 saturated carbocycles. The van der Waals surface area contributed by atoms with Crippen LogP contribution in [0.2, 0.25) is 0 Å². The van der Waals surface area contributed by atoms with Crippen LogP contribution in [0.5, 0.6) is 5.75 Å². The Hall–Kier alpha value is -3.35. The number of imidazole rings is 1. The molecule has 0 saturated heterocycles. The summed E-state index contributed by atoms with van der Waals surface area (Å²) in [6.07, 6.45) is 3.01. The predicted octanol–water partition coefficient (Wildman–Crippen LogP) is 2.73. The second-order valence-corrected chi connectivity index (χ2v) is 5.00. The van der Waals surface area contributed by atoms with Gasteiger partial charge in [-0.05, 0) is 18.2 Å². The number of benzene rings is 1. The van der Waals surface area contributed by atoms with Gasteiger partial charge in [-0.2, -0.15) is 0 Å². The molecule has 0 fully saturated rings. The molecule has 0 aliphatic rings. The highest BCUT2D eigenvalue weighted by Crippen LogP contribution is 2.20. The molecule has 3 N–H and O–H groups in total. The summed E-state index contributed by atoms with van der Waals surface area (Å²) in [7, 11) is 0. The van der Waals surface area contributed by atoms with E-state index in [-0.39, 0.29) is 6.54 Å². The average molecular weight is 307 g/mol. The summed E-state index contributed by atoms with van der Waals surface area (Å²) in [5.74, 6) is 1.13. The molecule has 3 heterocycles. The van der Waals surface area contributed by atoms with Gasteiger partial charge < -0.3 is 20.0 Å². The number of aromatic nitrogens is 4. The molecule has 0 aliphatic carbocycles. The number of rotatable bonds is 3. The van der Waals surface area contributed by atoms with Gasteiger partial charge in [0.15, 0.2) is 0 Å². The van der Waals surface area contributed by atoms with Crippen LogP contribution in [0.1, 0.15) is 5.82 Å². The lowest BCUT2D eigenvalue weighted by atomic mass is 10.3. The van der Waals surface area contributed by atoms with Gasteiger partial charge in [-0.25, -0.2) is 14.8 Å². The van der Waals surface area contributed by atoms with Crippen LogP contribution < -0.4 is 10.1 Å². The topological polar surface area (TPSA) is 95.7 Å². The third-order valence-electron chi connectivity index (χ3n) is 3.44. The van der Waals surface area contributed by atoms with Crippen LogP contribution in [-0.4, -0.2) is 26.0 Å². The molecule has 0 bridgehead atoms. The number of aromatic amines is 2. The molecule has 0 atom stereocenters. The van der Waals surface area contributed by atoms with Crippen molar-refractivity contribution < 1.29 is 9.53 Å². The lowest BCUT2D eigenvalue weighted by Crippen LogP contribution is -2.26. The molecule has 7 nitrogen and oxygen atoms in total. The van der Waals surface area contributed by atoms with Crippen LogP contribution in [0, 0.1) is 0 Å². The van der Waals surface area contributed by atoms with Crippen molar-refractivity contribution in [1.29, 1.82) is 0 Å². The van der Waals surface area contributed by atoms with E-state index < -0.39 is 6.09 Å². The van der Waals surface area contributed by atoms with Crippen molar-refractivity contribution in [2.75, 3.05) is 0 Å². The number of nitrogens with zero attached hydrogens (tertiary/aromatic N) is 2. The van der Waals surface area contributed by atoms with E-state index in [9.17, 15) is 4.79 Å². The third kappa shape index (κ3) is 2.59. The number of H-pyrrole nitrogens is 2. The Kier molecular flexibility index (Phi) is 3.16. The fourth-order valence-corrected chi connectivity index (χ4v) is 2.40.